The first-order valence-electron chi connectivity index (χ1n) is 7.96. The summed E-state index contributed by atoms with van der Waals surface area (Å²) in [7, 11) is -0.333. The van der Waals surface area contributed by atoms with Crippen molar-refractivity contribution in [1.29, 1.82) is 0 Å². The number of hydrogen-bond donors (Lipinski definition) is 1. The van der Waals surface area contributed by atoms with Crippen molar-refractivity contribution in [2.24, 2.45) is 0 Å². The molecule has 0 aromatic heterocycles. The summed E-state index contributed by atoms with van der Waals surface area (Å²) in [5, 5.41) is 0. The van der Waals surface area contributed by atoms with Gasteiger partial charge in [0.15, 0.2) is 0 Å². The zero-order chi connectivity index (χ0) is 15.7. The Morgan fingerprint density at radius 3 is 2.59 bits per heavy atom. The van der Waals surface area contributed by atoms with Crippen molar-refractivity contribution in [3.63, 3.8) is 0 Å². The fourth-order valence-electron chi connectivity index (χ4n) is 3.82. The lowest BCUT2D eigenvalue weighted by atomic mass is 9.86. The van der Waals surface area contributed by atoms with E-state index in [1.165, 1.54) is 19.9 Å². The monoisotopic (exact) mass is 324 g/mol. The summed E-state index contributed by atoms with van der Waals surface area (Å²) in [6.07, 6.45) is 5.38. The predicted octanol–water partition coefficient (Wildman–Crippen LogP) is 2.08. The van der Waals surface area contributed by atoms with Gasteiger partial charge in [-0.1, -0.05) is 0 Å². The highest BCUT2D eigenvalue weighted by atomic mass is 32.2. The van der Waals surface area contributed by atoms with Crippen LogP contribution in [-0.2, 0) is 16.4 Å². The van der Waals surface area contributed by atoms with Gasteiger partial charge in [0.2, 0.25) is 10.0 Å². The number of nitrogens with zero attached hydrogens (tertiary/aromatic N) is 1. The Morgan fingerprint density at radius 1 is 1.23 bits per heavy atom. The van der Waals surface area contributed by atoms with Crippen LogP contribution in [0.15, 0.2) is 17.0 Å². The zero-order valence-corrected chi connectivity index (χ0v) is 14.1. The van der Waals surface area contributed by atoms with Gasteiger partial charge in [-0.2, -0.15) is 0 Å². The van der Waals surface area contributed by atoms with Gasteiger partial charge >= 0.3 is 0 Å². The summed E-state index contributed by atoms with van der Waals surface area (Å²) in [6.45, 7) is 2.11. The maximum atomic E-state index is 12.5. The summed E-state index contributed by atoms with van der Waals surface area (Å²) in [6, 6.07) is 3.67. The van der Waals surface area contributed by atoms with Gasteiger partial charge in [0.25, 0.3) is 0 Å². The summed E-state index contributed by atoms with van der Waals surface area (Å²) < 4.78 is 32.9. The third-order valence-electron chi connectivity index (χ3n) is 4.87. The predicted molar refractivity (Wildman–Crippen MR) is 85.7 cm³/mol. The van der Waals surface area contributed by atoms with Crippen LogP contribution in [0.25, 0.3) is 0 Å². The molecule has 1 aromatic carbocycles. The third-order valence-corrected chi connectivity index (χ3v) is 6.34. The smallest absolute Gasteiger partial charge is 0.240 e. The van der Waals surface area contributed by atoms with Gasteiger partial charge in [0, 0.05) is 11.6 Å². The normalized spacial score (nSPS) is 22.5. The fraction of sp³-hybridized carbons (Fsp3) is 0.625. The first kappa shape index (κ1) is 15.8. The second kappa shape index (κ2) is 6.18. The maximum Gasteiger partial charge on any atom is 0.240 e. The number of rotatable bonds is 4. The van der Waals surface area contributed by atoms with Gasteiger partial charge in [0.05, 0.1) is 12.0 Å². The summed E-state index contributed by atoms with van der Waals surface area (Å²) in [5.41, 5.74) is 2.03. The number of nitrogens with one attached hydrogen (secondary N) is 1. The molecule has 5 nitrogen and oxygen atoms in total. The lowest BCUT2D eigenvalue weighted by molar-refractivity contribution is 0.217. The molecule has 1 saturated heterocycles. The molecule has 1 aromatic rings. The number of fused-ring (bicyclic) bond motifs is 1. The van der Waals surface area contributed by atoms with Gasteiger partial charge in [-0.3, -0.25) is 4.90 Å². The average Bonchev–Trinajstić information content (AvgIpc) is 3.07. The van der Waals surface area contributed by atoms with Crippen LogP contribution in [0.2, 0.25) is 0 Å². The average molecular weight is 324 g/mol. The Morgan fingerprint density at radius 2 is 1.95 bits per heavy atom. The van der Waals surface area contributed by atoms with E-state index in [-0.39, 0.29) is 6.04 Å². The van der Waals surface area contributed by atoms with Crippen LogP contribution >= 0.6 is 0 Å². The SMILES string of the molecule is CNS(=O)(=O)c1ccc(OC)c2c1C(N1CCCC1)CCC2. The van der Waals surface area contributed by atoms with E-state index in [1.807, 2.05) is 0 Å². The van der Waals surface area contributed by atoms with Crippen LogP contribution in [0.3, 0.4) is 0 Å². The van der Waals surface area contributed by atoms with Crippen LogP contribution in [-0.4, -0.2) is 40.6 Å². The van der Waals surface area contributed by atoms with Crippen molar-refractivity contribution in [1.82, 2.24) is 9.62 Å². The summed E-state index contributed by atoms with van der Waals surface area (Å²) >= 11 is 0. The van der Waals surface area contributed by atoms with Gasteiger partial charge in [-0.05, 0) is 69.9 Å². The minimum atomic E-state index is -3.46. The molecular formula is C16H24N2O3S. The molecule has 0 amide bonds. The molecule has 22 heavy (non-hydrogen) atoms. The number of ether oxygens (including phenoxy) is 1. The van der Waals surface area contributed by atoms with Crippen LogP contribution in [0.5, 0.6) is 5.75 Å². The Bertz CT molecular complexity index is 652. The van der Waals surface area contributed by atoms with Crippen molar-refractivity contribution in [3.8, 4) is 5.75 Å². The Kier molecular flexibility index (Phi) is 4.43. The Balaban J connectivity index is 2.17. The topological polar surface area (TPSA) is 58.6 Å². The standard InChI is InChI=1S/C16H24N2O3S/c1-17-22(19,20)15-9-8-14(21-2)12-6-5-7-13(16(12)15)18-10-3-4-11-18/h8-9,13,17H,3-7,10-11H2,1-2H3. The highest BCUT2D eigenvalue weighted by Crippen LogP contribution is 2.43. The van der Waals surface area contributed by atoms with E-state index < -0.39 is 10.0 Å². The minimum Gasteiger partial charge on any atom is -0.496 e. The van der Waals surface area contributed by atoms with E-state index in [9.17, 15) is 8.42 Å². The zero-order valence-electron chi connectivity index (χ0n) is 13.3. The molecule has 1 atom stereocenters. The van der Waals surface area contributed by atoms with Crippen molar-refractivity contribution in [3.05, 3.63) is 23.3 Å². The Labute approximate surface area is 132 Å². The van der Waals surface area contributed by atoms with Gasteiger partial charge < -0.3 is 4.74 Å². The molecule has 1 fully saturated rings. The molecule has 6 heteroatoms. The molecule has 3 rings (SSSR count). The second-order valence-corrected chi connectivity index (χ2v) is 7.87. The molecule has 1 aliphatic carbocycles. The highest BCUT2D eigenvalue weighted by Gasteiger charge is 2.34. The molecule has 1 unspecified atom stereocenters. The van der Waals surface area contributed by atoms with Gasteiger partial charge in [-0.25, -0.2) is 13.1 Å². The lowest BCUT2D eigenvalue weighted by Gasteiger charge is -2.35. The first-order valence-corrected chi connectivity index (χ1v) is 9.44. The van der Waals surface area contributed by atoms with Gasteiger partial charge in [0.1, 0.15) is 5.75 Å². The lowest BCUT2D eigenvalue weighted by Crippen LogP contribution is -2.32. The van der Waals surface area contributed by atoms with Crippen LogP contribution in [0.4, 0.5) is 0 Å². The molecule has 122 valence electrons. The van der Waals surface area contributed by atoms with Crippen molar-refractivity contribution >= 4 is 10.0 Å². The first-order chi connectivity index (χ1) is 10.6. The summed E-state index contributed by atoms with van der Waals surface area (Å²) in [4.78, 5) is 2.86. The highest BCUT2D eigenvalue weighted by molar-refractivity contribution is 7.89. The van der Waals surface area contributed by atoms with Crippen LogP contribution < -0.4 is 9.46 Å². The Hall–Kier alpha value is -1.11. The van der Waals surface area contributed by atoms with Gasteiger partial charge in [-0.15, -0.1) is 0 Å². The molecule has 0 radical (unpaired) electrons. The molecule has 1 aliphatic heterocycles. The number of methoxy groups -OCH3 is 1. The third kappa shape index (κ3) is 2.64. The van der Waals surface area contributed by atoms with E-state index in [2.05, 4.69) is 9.62 Å². The van der Waals surface area contributed by atoms with E-state index in [1.54, 1.807) is 19.2 Å². The number of hydrogen-bond acceptors (Lipinski definition) is 4. The van der Waals surface area contributed by atoms with E-state index in [0.29, 0.717) is 4.90 Å². The maximum absolute atomic E-state index is 12.5. The molecule has 0 bridgehead atoms. The molecule has 1 heterocycles. The van der Waals surface area contributed by atoms with Crippen molar-refractivity contribution in [2.75, 3.05) is 27.2 Å². The molecule has 0 saturated carbocycles. The van der Waals surface area contributed by atoms with Crippen molar-refractivity contribution in [2.45, 2.75) is 43.0 Å². The number of sulfonamides is 1. The summed E-state index contributed by atoms with van der Waals surface area (Å²) in [5.74, 6) is 0.814. The molecule has 1 N–H and O–H groups in total. The van der Waals surface area contributed by atoms with E-state index in [4.69, 9.17) is 4.74 Å². The number of benzene rings is 1. The van der Waals surface area contributed by atoms with Crippen LogP contribution in [0.1, 0.15) is 42.9 Å². The quantitative estimate of drug-likeness (QED) is 0.921. The molecular weight excluding hydrogens is 300 g/mol. The minimum absolute atomic E-state index is 0.194. The van der Waals surface area contributed by atoms with E-state index in [0.717, 1.165) is 49.2 Å². The van der Waals surface area contributed by atoms with Crippen LogP contribution in [0, 0.1) is 0 Å². The fourth-order valence-corrected chi connectivity index (χ4v) is 4.83. The molecule has 2 aliphatic rings. The molecule has 0 spiro atoms. The second-order valence-electron chi connectivity index (χ2n) is 6.02. The van der Waals surface area contributed by atoms with E-state index >= 15 is 0 Å². The van der Waals surface area contributed by atoms with Crippen molar-refractivity contribution < 1.29 is 13.2 Å². The number of likely N-dealkylation sites (tertiary alicyclic amines) is 1. The largest absolute Gasteiger partial charge is 0.496 e.